The van der Waals surface area contributed by atoms with Crippen LogP contribution in [0.15, 0.2) is 36.4 Å². The number of aldehydes is 1. The van der Waals surface area contributed by atoms with Gasteiger partial charge in [-0.2, -0.15) is 0 Å². The van der Waals surface area contributed by atoms with E-state index in [1.165, 1.54) is 22.5 Å². The average Bonchev–Trinajstić information content (AvgIpc) is 3.16. The molecule has 0 saturated carbocycles. The van der Waals surface area contributed by atoms with Crippen molar-refractivity contribution in [1.82, 2.24) is 20.0 Å². The van der Waals surface area contributed by atoms with E-state index in [1.807, 2.05) is 65.5 Å². The molecule has 0 aromatic heterocycles. The van der Waals surface area contributed by atoms with Crippen molar-refractivity contribution in [3.63, 3.8) is 0 Å². The lowest BCUT2D eigenvalue weighted by molar-refractivity contribution is 0.0137. The van der Waals surface area contributed by atoms with Gasteiger partial charge in [0.15, 0.2) is 0 Å². The van der Waals surface area contributed by atoms with Crippen LogP contribution in [-0.4, -0.2) is 149 Å². The Morgan fingerprint density at radius 3 is 1.55 bits per heavy atom. The molecule has 13 heteroatoms. The third-order valence-corrected chi connectivity index (χ3v) is 9.65. The highest BCUT2D eigenvalue weighted by atomic mass is 16.6. The molecule has 4 fully saturated rings. The highest BCUT2D eigenvalue weighted by Crippen LogP contribution is 2.23. The first-order valence-corrected chi connectivity index (χ1v) is 19.8. The monoisotopic (exact) mass is 766 g/mol. The maximum Gasteiger partial charge on any atom is 0.410 e. The highest BCUT2D eigenvalue weighted by molar-refractivity contribution is 5.78. The number of carbonyl (C=O) groups is 3. The first-order valence-electron chi connectivity index (χ1n) is 19.8. The van der Waals surface area contributed by atoms with Crippen molar-refractivity contribution in [3.8, 4) is 0 Å². The van der Waals surface area contributed by atoms with Crippen molar-refractivity contribution in [2.45, 2.75) is 73.1 Å². The number of ether oxygens (including phenoxy) is 4. The van der Waals surface area contributed by atoms with Crippen molar-refractivity contribution in [1.29, 1.82) is 0 Å². The van der Waals surface area contributed by atoms with Crippen molar-refractivity contribution in [3.05, 3.63) is 58.7 Å². The smallest absolute Gasteiger partial charge is 0.410 e. The molecule has 0 radical (unpaired) electrons. The summed E-state index contributed by atoms with van der Waals surface area (Å²) in [6.07, 6.45) is 0.500. The number of benzene rings is 2. The largest absolute Gasteiger partial charge is 0.444 e. The fourth-order valence-electron chi connectivity index (χ4n) is 6.52. The van der Waals surface area contributed by atoms with Crippen LogP contribution in [0.5, 0.6) is 0 Å². The van der Waals surface area contributed by atoms with Gasteiger partial charge in [-0.3, -0.25) is 9.69 Å². The van der Waals surface area contributed by atoms with E-state index in [1.54, 1.807) is 4.90 Å². The average molecular weight is 767 g/mol. The minimum absolute atomic E-state index is 0.200. The van der Waals surface area contributed by atoms with Gasteiger partial charge in [0.2, 0.25) is 0 Å². The number of anilines is 2. The van der Waals surface area contributed by atoms with Crippen LogP contribution in [0, 0.1) is 13.8 Å². The van der Waals surface area contributed by atoms with Crippen molar-refractivity contribution in [2.24, 2.45) is 0 Å². The summed E-state index contributed by atoms with van der Waals surface area (Å²) in [4.78, 5) is 45.0. The summed E-state index contributed by atoms with van der Waals surface area (Å²) in [6.45, 7) is 29.8. The number of hydrogen-bond acceptors (Lipinski definition) is 11. The van der Waals surface area contributed by atoms with E-state index in [0.717, 1.165) is 129 Å². The second-order valence-corrected chi connectivity index (χ2v) is 16.4. The van der Waals surface area contributed by atoms with E-state index in [4.69, 9.17) is 18.9 Å². The number of amides is 2. The van der Waals surface area contributed by atoms with Gasteiger partial charge in [-0.15, -0.1) is 0 Å². The first kappa shape index (κ1) is 43.8. The molecule has 0 spiro atoms. The second kappa shape index (κ2) is 20.8. The standard InChI is InChI=1S/C21H33N3O3.C12H15NO2.C9H18N2O2/c1-17-15-19(23-11-13-26-14-12-23)6-5-18(17)16-22-7-9-24(10-8-22)20(25)27-21(2,3)4;1-10-8-12(3-2-11(10)9-14)13-4-6-15-7-5-13;1-9(2,3)13-8(12)11-6-4-10-5-7-11/h5-6,15H,7-14,16H2,1-4H3;2-3,8-9H,4-7H2,1H3;10H,4-7H2,1-3H3. The Morgan fingerprint density at radius 2 is 1.11 bits per heavy atom. The Labute approximate surface area is 329 Å². The number of nitrogens with one attached hydrogen (secondary N) is 1. The molecule has 1 N–H and O–H groups in total. The van der Waals surface area contributed by atoms with Gasteiger partial charge in [-0.1, -0.05) is 6.07 Å². The van der Waals surface area contributed by atoms with Crippen LogP contribution < -0.4 is 15.1 Å². The van der Waals surface area contributed by atoms with Gasteiger partial charge in [0.1, 0.15) is 17.5 Å². The van der Waals surface area contributed by atoms with Gasteiger partial charge in [-0.25, -0.2) is 9.59 Å². The molecule has 2 aromatic carbocycles. The SMILES string of the molecule is CC(C)(C)OC(=O)N1CCNCC1.Cc1cc(N2CCOCC2)ccc1C=O.Cc1cc(N2CCOCC2)ccc1CN1CCN(C(=O)OC(C)(C)C)CC1. The molecule has 4 aliphatic rings. The summed E-state index contributed by atoms with van der Waals surface area (Å²) in [6, 6.07) is 12.7. The molecule has 4 saturated heterocycles. The molecule has 0 aliphatic carbocycles. The zero-order chi connectivity index (χ0) is 40.0. The molecule has 13 nitrogen and oxygen atoms in total. The number of aryl methyl sites for hydroxylation is 2. The Bertz CT molecular complexity index is 1520. The van der Waals surface area contributed by atoms with E-state index in [9.17, 15) is 14.4 Å². The molecule has 4 aliphatic heterocycles. The lowest BCUT2D eigenvalue weighted by atomic mass is 10.1. The molecular weight excluding hydrogens is 700 g/mol. The van der Waals surface area contributed by atoms with E-state index in [-0.39, 0.29) is 17.8 Å². The fourth-order valence-corrected chi connectivity index (χ4v) is 6.52. The number of piperazine rings is 2. The second-order valence-electron chi connectivity index (χ2n) is 16.4. The van der Waals surface area contributed by atoms with E-state index in [0.29, 0.717) is 0 Å². The summed E-state index contributed by atoms with van der Waals surface area (Å²) in [5.74, 6) is 0. The number of nitrogens with zero attached hydrogens (tertiary/aromatic N) is 5. The van der Waals surface area contributed by atoms with Crippen LogP contribution in [0.2, 0.25) is 0 Å². The zero-order valence-corrected chi connectivity index (χ0v) is 34.7. The molecule has 0 bridgehead atoms. The minimum atomic E-state index is -0.437. The molecule has 0 atom stereocenters. The Balaban J connectivity index is 0.000000202. The lowest BCUT2D eigenvalue weighted by Gasteiger charge is -2.36. The van der Waals surface area contributed by atoms with Crippen LogP contribution in [0.3, 0.4) is 0 Å². The van der Waals surface area contributed by atoms with Gasteiger partial charge in [0, 0.05) is 102 Å². The van der Waals surface area contributed by atoms with Crippen LogP contribution in [0.1, 0.15) is 68.6 Å². The Morgan fingerprint density at radius 1 is 0.655 bits per heavy atom. The minimum Gasteiger partial charge on any atom is -0.444 e. The molecule has 306 valence electrons. The molecule has 0 unspecified atom stereocenters. The van der Waals surface area contributed by atoms with Gasteiger partial charge < -0.3 is 43.9 Å². The molecule has 6 rings (SSSR count). The van der Waals surface area contributed by atoms with E-state index < -0.39 is 5.60 Å². The lowest BCUT2D eigenvalue weighted by Crippen LogP contribution is -2.49. The summed E-state index contributed by atoms with van der Waals surface area (Å²) < 4.78 is 21.5. The van der Waals surface area contributed by atoms with Crippen molar-refractivity contribution in [2.75, 3.05) is 115 Å². The third kappa shape index (κ3) is 14.9. The number of morpholine rings is 2. The summed E-state index contributed by atoms with van der Waals surface area (Å²) >= 11 is 0. The number of carbonyl (C=O) groups excluding carboxylic acids is 3. The summed E-state index contributed by atoms with van der Waals surface area (Å²) in [5, 5.41) is 3.18. The molecular formula is C42H66N6O7. The molecule has 55 heavy (non-hydrogen) atoms. The van der Waals surface area contributed by atoms with Crippen molar-refractivity contribution < 1.29 is 33.3 Å². The van der Waals surface area contributed by atoms with Gasteiger partial charge in [-0.05, 0) is 102 Å². The van der Waals surface area contributed by atoms with E-state index in [2.05, 4.69) is 51.2 Å². The number of rotatable bonds is 5. The highest BCUT2D eigenvalue weighted by Gasteiger charge is 2.26. The molecule has 4 heterocycles. The van der Waals surface area contributed by atoms with Crippen LogP contribution in [-0.2, 0) is 25.5 Å². The van der Waals surface area contributed by atoms with Gasteiger partial charge in [0.05, 0.1) is 26.4 Å². The number of hydrogen-bond donors (Lipinski definition) is 1. The maximum atomic E-state index is 12.2. The van der Waals surface area contributed by atoms with Crippen LogP contribution in [0.4, 0.5) is 21.0 Å². The summed E-state index contributed by atoms with van der Waals surface area (Å²) in [7, 11) is 0. The molecule has 2 amide bonds. The topological polar surface area (TPSA) is 116 Å². The predicted octanol–water partition coefficient (Wildman–Crippen LogP) is 5.36. The first-order chi connectivity index (χ1) is 26.1. The maximum absolute atomic E-state index is 12.2. The normalized spacial score (nSPS) is 18.3. The van der Waals surface area contributed by atoms with E-state index >= 15 is 0 Å². The Hall–Kier alpha value is -3.91. The van der Waals surface area contributed by atoms with Crippen LogP contribution in [0.25, 0.3) is 0 Å². The van der Waals surface area contributed by atoms with Gasteiger partial charge in [0.25, 0.3) is 0 Å². The molecule has 2 aromatic rings. The Kier molecular flexibility index (Phi) is 16.6. The van der Waals surface area contributed by atoms with Crippen molar-refractivity contribution >= 4 is 29.8 Å². The quantitative estimate of drug-likeness (QED) is 0.397. The summed E-state index contributed by atoms with van der Waals surface area (Å²) in [5.41, 5.74) is 6.14. The zero-order valence-electron chi connectivity index (χ0n) is 34.7. The predicted molar refractivity (Wildman–Crippen MR) is 218 cm³/mol. The third-order valence-electron chi connectivity index (χ3n) is 9.65. The van der Waals surface area contributed by atoms with Crippen LogP contribution >= 0.6 is 0 Å². The fraction of sp³-hybridized carbons (Fsp3) is 0.643. The van der Waals surface area contributed by atoms with Gasteiger partial charge >= 0.3 is 12.2 Å².